The largest absolute Gasteiger partial charge is 0.481 e. The first kappa shape index (κ1) is 12.8. The molecule has 3 heterocycles. The van der Waals surface area contributed by atoms with Crippen molar-refractivity contribution in [3.8, 4) is 0 Å². The number of rotatable bonds is 3. The summed E-state index contributed by atoms with van der Waals surface area (Å²) in [4.78, 5) is 17.9. The molecular weight excluding hydrogens is 258 g/mol. The van der Waals surface area contributed by atoms with Gasteiger partial charge < -0.3 is 10.0 Å². The van der Waals surface area contributed by atoms with Gasteiger partial charge in [0.25, 0.3) is 0 Å². The van der Waals surface area contributed by atoms with Gasteiger partial charge in [0.15, 0.2) is 5.82 Å². The van der Waals surface area contributed by atoms with Crippen molar-refractivity contribution < 1.29 is 9.90 Å². The Kier molecular flexibility index (Phi) is 3.04. The van der Waals surface area contributed by atoms with Gasteiger partial charge in [0, 0.05) is 25.5 Å². The van der Waals surface area contributed by atoms with Gasteiger partial charge in [-0.15, -0.1) is 10.2 Å². The van der Waals surface area contributed by atoms with E-state index in [0.717, 1.165) is 5.82 Å². The normalized spacial score (nSPS) is 18.4. The average Bonchev–Trinajstić information content (AvgIpc) is 2.95. The van der Waals surface area contributed by atoms with Crippen molar-refractivity contribution in [2.45, 2.75) is 26.2 Å². The average molecular weight is 275 g/mol. The van der Waals surface area contributed by atoms with Crippen molar-refractivity contribution >= 4 is 17.4 Å². The van der Waals surface area contributed by atoms with Crippen molar-refractivity contribution in [2.75, 3.05) is 18.0 Å². The van der Waals surface area contributed by atoms with Gasteiger partial charge in [0.05, 0.1) is 5.41 Å². The maximum Gasteiger partial charge on any atom is 0.309 e. The van der Waals surface area contributed by atoms with E-state index in [1.165, 1.54) is 0 Å². The molecule has 0 spiro atoms. The maximum absolute atomic E-state index is 11.5. The minimum atomic E-state index is -0.687. The molecule has 7 nitrogen and oxygen atoms in total. The van der Waals surface area contributed by atoms with Crippen LogP contribution in [0.25, 0.3) is 5.65 Å². The fourth-order valence-electron chi connectivity index (χ4n) is 2.83. The van der Waals surface area contributed by atoms with Crippen molar-refractivity contribution in [3.63, 3.8) is 0 Å². The van der Waals surface area contributed by atoms with E-state index in [-0.39, 0.29) is 0 Å². The van der Waals surface area contributed by atoms with Crippen LogP contribution in [0.3, 0.4) is 0 Å². The Morgan fingerprint density at radius 3 is 2.85 bits per heavy atom. The Balaban J connectivity index is 1.85. The molecule has 0 amide bonds. The fraction of sp³-hybridized carbons (Fsp3) is 0.538. The molecule has 0 saturated carbocycles. The Morgan fingerprint density at radius 1 is 1.45 bits per heavy atom. The first-order chi connectivity index (χ1) is 9.66. The summed E-state index contributed by atoms with van der Waals surface area (Å²) in [6.45, 7) is 3.31. The minimum Gasteiger partial charge on any atom is -0.481 e. The topological polar surface area (TPSA) is 83.6 Å². The molecule has 1 aliphatic rings. The third-order valence-corrected chi connectivity index (χ3v) is 4.35. The van der Waals surface area contributed by atoms with E-state index < -0.39 is 11.4 Å². The zero-order valence-electron chi connectivity index (χ0n) is 11.4. The Morgan fingerprint density at radius 2 is 2.20 bits per heavy atom. The molecule has 0 unspecified atom stereocenters. The van der Waals surface area contributed by atoms with Crippen molar-refractivity contribution in [3.05, 3.63) is 18.7 Å². The number of fused-ring (bicyclic) bond motifs is 1. The molecule has 2 aromatic rings. The number of aromatic nitrogens is 4. The summed E-state index contributed by atoms with van der Waals surface area (Å²) in [6, 6.07) is 0. The first-order valence-electron chi connectivity index (χ1n) is 6.79. The van der Waals surface area contributed by atoms with E-state index in [0.29, 0.717) is 38.0 Å². The SMILES string of the molecule is CCC1(C(=O)O)CCN(c2nccn3cnnc23)CC1. The minimum absolute atomic E-state index is 0.588. The Bertz CT molecular complexity index is 630. The lowest BCUT2D eigenvalue weighted by Crippen LogP contribution is -2.44. The molecule has 106 valence electrons. The lowest BCUT2D eigenvalue weighted by molar-refractivity contribution is -0.150. The summed E-state index contributed by atoms with van der Waals surface area (Å²) < 4.78 is 1.82. The molecule has 7 heteroatoms. The van der Waals surface area contributed by atoms with Gasteiger partial charge in [-0.2, -0.15) is 0 Å². The second kappa shape index (κ2) is 4.73. The zero-order chi connectivity index (χ0) is 14.2. The van der Waals surface area contributed by atoms with Gasteiger partial charge in [0.1, 0.15) is 6.33 Å². The number of carboxylic acids is 1. The second-order valence-electron chi connectivity index (χ2n) is 5.24. The van der Waals surface area contributed by atoms with Crippen LogP contribution in [-0.2, 0) is 4.79 Å². The molecule has 20 heavy (non-hydrogen) atoms. The van der Waals surface area contributed by atoms with Crippen LogP contribution in [0.2, 0.25) is 0 Å². The third-order valence-electron chi connectivity index (χ3n) is 4.35. The number of carboxylic acid groups (broad SMARTS) is 1. The predicted octanol–water partition coefficient (Wildman–Crippen LogP) is 1.21. The summed E-state index contributed by atoms with van der Waals surface area (Å²) in [5, 5.41) is 17.4. The summed E-state index contributed by atoms with van der Waals surface area (Å²) in [5.74, 6) is 0.0911. The van der Waals surface area contributed by atoms with Gasteiger partial charge in [0.2, 0.25) is 5.65 Å². The van der Waals surface area contributed by atoms with E-state index in [4.69, 9.17) is 0 Å². The number of aliphatic carboxylic acids is 1. The quantitative estimate of drug-likeness (QED) is 0.906. The molecule has 0 atom stereocenters. The number of hydrogen-bond donors (Lipinski definition) is 1. The summed E-state index contributed by atoms with van der Waals surface area (Å²) in [5.41, 5.74) is 0.127. The van der Waals surface area contributed by atoms with Crippen LogP contribution in [0.15, 0.2) is 18.7 Å². The van der Waals surface area contributed by atoms with E-state index >= 15 is 0 Å². The zero-order valence-corrected chi connectivity index (χ0v) is 11.4. The molecule has 2 aromatic heterocycles. The number of carbonyl (C=O) groups is 1. The Labute approximate surface area is 116 Å². The highest BCUT2D eigenvalue weighted by Crippen LogP contribution is 2.36. The molecule has 0 bridgehead atoms. The van der Waals surface area contributed by atoms with Gasteiger partial charge in [-0.05, 0) is 19.3 Å². The van der Waals surface area contributed by atoms with E-state index in [1.54, 1.807) is 18.7 Å². The van der Waals surface area contributed by atoms with E-state index in [1.807, 2.05) is 11.3 Å². The number of anilines is 1. The van der Waals surface area contributed by atoms with E-state index in [9.17, 15) is 9.90 Å². The fourth-order valence-corrected chi connectivity index (χ4v) is 2.83. The second-order valence-corrected chi connectivity index (χ2v) is 5.24. The molecule has 1 fully saturated rings. The predicted molar refractivity (Wildman–Crippen MR) is 72.6 cm³/mol. The molecular formula is C13H17N5O2. The third kappa shape index (κ3) is 1.90. The van der Waals surface area contributed by atoms with Crippen LogP contribution in [-0.4, -0.2) is 43.7 Å². The van der Waals surface area contributed by atoms with Crippen LogP contribution in [0.5, 0.6) is 0 Å². The van der Waals surface area contributed by atoms with Crippen LogP contribution in [0, 0.1) is 5.41 Å². The van der Waals surface area contributed by atoms with Crippen molar-refractivity contribution in [1.29, 1.82) is 0 Å². The van der Waals surface area contributed by atoms with Gasteiger partial charge in [-0.3, -0.25) is 9.20 Å². The highest BCUT2D eigenvalue weighted by Gasteiger charge is 2.40. The summed E-state index contributed by atoms with van der Waals surface area (Å²) in [7, 11) is 0. The maximum atomic E-state index is 11.5. The Hall–Kier alpha value is -2.18. The molecule has 3 rings (SSSR count). The van der Waals surface area contributed by atoms with Crippen molar-refractivity contribution in [1.82, 2.24) is 19.6 Å². The number of nitrogens with zero attached hydrogens (tertiary/aromatic N) is 5. The lowest BCUT2D eigenvalue weighted by Gasteiger charge is -2.38. The first-order valence-corrected chi connectivity index (χ1v) is 6.79. The molecule has 1 aliphatic heterocycles. The monoisotopic (exact) mass is 275 g/mol. The van der Waals surface area contributed by atoms with Crippen LogP contribution >= 0.6 is 0 Å². The summed E-state index contributed by atoms with van der Waals surface area (Å²) in [6.07, 6.45) is 7.09. The van der Waals surface area contributed by atoms with Crippen LogP contribution < -0.4 is 4.90 Å². The molecule has 0 aromatic carbocycles. The van der Waals surface area contributed by atoms with E-state index in [2.05, 4.69) is 20.1 Å². The highest BCUT2D eigenvalue weighted by atomic mass is 16.4. The molecule has 0 radical (unpaired) electrons. The lowest BCUT2D eigenvalue weighted by atomic mass is 9.76. The summed E-state index contributed by atoms with van der Waals surface area (Å²) >= 11 is 0. The van der Waals surface area contributed by atoms with Crippen LogP contribution in [0.1, 0.15) is 26.2 Å². The molecule has 1 saturated heterocycles. The number of hydrogen-bond acceptors (Lipinski definition) is 5. The van der Waals surface area contributed by atoms with Gasteiger partial charge in [-0.1, -0.05) is 6.92 Å². The smallest absolute Gasteiger partial charge is 0.309 e. The van der Waals surface area contributed by atoms with Gasteiger partial charge >= 0.3 is 5.97 Å². The highest BCUT2D eigenvalue weighted by molar-refractivity contribution is 5.75. The van der Waals surface area contributed by atoms with Gasteiger partial charge in [-0.25, -0.2) is 4.98 Å². The molecule has 0 aliphatic carbocycles. The molecule has 1 N–H and O–H groups in total. The van der Waals surface area contributed by atoms with Crippen LogP contribution in [0.4, 0.5) is 5.82 Å². The van der Waals surface area contributed by atoms with Crippen molar-refractivity contribution in [2.24, 2.45) is 5.41 Å². The number of piperidine rings is 1. The standard InChI is InChI=1S/C13H17N5O2/c1-2-13(12(19)20)3-6-17(7-4-13)10-11-16-15-9-18(11)8-5-14-10/h5,8-9H,2-4,6-7H2,1H3,(H,19,20).